The molecule has 21 heavy (non-hydrogen) atoms. The summed E-state index contributed by atoms with van der Waals surface area (Å²) < 4.78 is 0. The Balaban J connectivity index is 2.11. The Morgan fingerprint density at radius 1 is 1.24 bits per heavy atom. The van der Waals surface area contributed by atoms with Crippen LogP contribution in [-0.4, -0.2) is 5.91 Å². The van der Waals surface area contributed by atoms with Crippen LogP contribution >= 0.6 is 0 Å². The first-order valence-electron chi connectivity index (χ1n) is 7.03. The Labute approximate surface area is 125 Å². The molecule has 0 aliphatic rings. The van der Waals surface area contributed by atoms with Crippen molar-refractivity contribution in [2.24, 2.45) is 0 Å². The Morgan fingerprint density at radius 3 is 2.62 bits per heavy atom. The second-order valence-corrected chi connectivity index (χ2v) is 4.95. The van der Waals surface area contributed by atoms with Gasteiger partial charge in [0.1, 0.15) is 0 Å². The summed E-state index contributed by atoms with van der Waals surface area (Å²) in [4.78, 5) is 12.0. The molecule has 0 aromatic heterocycles. The monoisotopic (exact) mass is 280 g/mol. The number of carbonyl (C=O) groups excluding carboxylic acids is 1. The fourth-order valence-electron chi connectivity index (χ4n) is 2.17. The Kier molecular flexibility index (Phi) is 4.77. The molecule has 3 heteroatoms. The first-order valence-corrected chi connectivity index (χ1v) is 7.03. The lowest BCUT2D eigenvalue weighted by atomic mass is 10.0. The summed E-state index contributed by atoms with van der Waals surface area (Å²) in [7, 11) is 0. The lowest BCUT2D eigenvalue weighted by molar-refractivity contribution is -0.111. The van der Waals surface area contributed by atoms with E-state index < -0.39 is 0 Å². The second kappa shape index (κ2) is 6.75. The third-order valence-electron chi connectivity index (χ3n) is 3.37. The number of aryl methyl sites for hydroxylation is 2. The van der Waals surface area contributed by atoms with Crippen LogP contribution in [0.15, 0.2) is 48.5 Å². The van der Waals surface area contributed by atoms with Gasteiger partial charge in [0, 0.05) is 6.08 Å². The highest BCUT2D eigenvalue weighted by Gasteiger charge is 2.06. The van der Waals surface area contributed by atoms with Gasteiger partial charge >= 0.3 is 0 Å². The van der Waals surface area contributed by atoms with Gasteiger partial charge in [-0.2, -0.15) is 0 Å². The molecule has 0 heterocycles. The number of nitrogen functional groups attached to an aromatic ring is 1. The fourth-order valence-corrected chi connectivity index (χ4v) is 2.17. The van der Waals surface area contributed by atoms with Crippen molar-refractivity contribution in [2.45, 2.75) is 20.3 Å². The molecule has 0 fully saturated rings. The molecule has 3 nitrogen and oxygen atoms in total. The van der Waals surface area contributed by atoms with Gasteiger partial charge in [0.15, 0.2) is 0 Å². The number of hydrogen-bond acceptors (Lipinski definition) is 2. The van der Waals surface area contributed by atoms with Crippen LogP contribution in [0.5, 0.6) is 0 Å². The summed E-state index contributed by atoms with van der Waals surface area (Å²) in [6, 6.07) is 13.5. The van der Waals surface area contributed by atoms with Crippen molar-refractivity contribution in [1.82, 2.24) is 0 Å². The summed E-state index contributed by atoms with van der Waals surface area (Å²) in [5, 5.41) is 2.83. The molecule has 0 unspecified atom stereocenters. The van der Waals surface area contributed by atoms with E-state index in [2.05, 4.69) is 12.2 Å². The standard InChI is InChI=1S/C18H20N2O/c1-3-15-12-17(16(19)11-13(15)2)20-18(21)10-9-14-7-5-4-6-8-14/h4-12H,3,19H2,1-2H3,(H,20,21)/b10-9+. The lowest BCUT2D eigenvalue weighted by Crippen LogP contribution is -2.10. The van der Waals surface area contributed by atoms with Crippen molar-refractivity contribution in [3.05, 3.63) is 65.2 Å². The van der Waals surface area contributed by atoms with E-state index in [0.717, 1.165) is 17.5 Å². The average molecular weight is 280 g/mol. The number of hydrogen-bond donors (Lipinski definition) is 2. The van der Waals surface area contributed by atoms with Gasteiger partial charge in [-0.15, -0.1) is 0 Å². The minimum Gasteiger partial charge on any atom is -0.397 e. The number of nitrogens with one attached hydrogen (secondary N) is 1. The number of benzene rings is 2. The van der Waals surface area contributed by atoms with Crippen LogP contribution in [0.1, 0.15) is 23.6 Å². The van der Waals surface area contributed by atoms with E-state index in [9.17, 15) is 4.79 Å². The molecular formula is C18H20N2O. The molecule has 2 aromatic rings. The maximum Gasteiger partial charge on any atom is 0.248 e. The van der Waals surface area contributed by atoms with Gasteiger partial charge < -0.3 is 11.1 Å². The predicted molar refractivity (Wildman–Crippen MR) is 89.1 cm³/mol. The van der Waals surface area contributed by atoms with Crippen molar-refractivity contribution < 1.29 is 4.79 Å². The van der Waals surface area contributed by atoms with E-state index in [1.54, 1.807) is 6.08 Å². The minimum atomic E-state index is -0.184. The molecule has 108 valence electrons. The van der Waals surface area contributed by atoms with Gasteiger partial charge in [0.2, 0.25) is 5.91 Å². The fraction of sp³-hybridized carbons (Fsp3) is 0.167. The summed E-state index contributed by atoms with van der Waals surface area (Å²) in [5.74, 6) is -0.184. The first kappa shape index (κ1) is 14.9. The van der Waals surface area contributed by atoms with Crippen molar-refractivity contribution in [3.63, 3.8) is 0 Å². The summed E-state index contributed by atoms with van der Waals surface area (Å²) in [6.07, 6.45) is 4.20. The normalized spacial score (nSPS) is 10.8. The molecular weight excluding hydrogens is 260 g/mol. The number of carbonyl (C=O) groups is 1. The summed E-state index contributed by atoms with van der Waals surface area (Å²) >= 11 is 0. The molecule has 0 saturated carbocycles. The molecule has 0 aliphatic carbocycles. The molecule has 0 radical (unpaired) electrons. The number of nitrogens with two attached hydrogens (primary N) is 1. The molecule has 2 rings (SSSR count). The Morgan fingerprint density at radius 2 is 1.95 bits per heavy atom. The van der Waals surface area contributed by atoms with Gasteiger partial charge in [0.05, 0.1) is 11.4 Å². The van der Waals surface area contributed by atoms with E-state index in [4.69, 9.17) is 5.73 Å². The number of amides is 1. The van der Waals surface area contributed by atoms with Gasteiger partial charge in [0.25, 0.3) is 0 Å². The van der Waals surface area contributed by atoms with Crippen LogP contribution < -0.4 is 11.1 Å². The molecule has 0 aliphatic heterocycles. The zero-order valence-electron chi connectivity index (χ0n) is 12.4. The van der Waals surface area contributed by atoms with Gasteiger partial charge in [-0.25, -0.2) is 0 Å². The van der Waals surface area contributed by atoms with E-state index in [1.807, 2.05) is 49.4 Å². The highest BCUT2D eigenvalue weighted by molar-refractivity contribution is 6.03. The third kappa shape index (κ3) is 3.96. The van der Waals surface area contributed by atoms with E-state index >= 15 is 0 Å². The Hall–Kier alpha value is -2.55. The number of rotatable bonds is 4. The minimum absolute atomic E-state index is 0.184. The summed E-state index contributed by atoms with van der Waals surface area (Å²) in [5.41, 5.74) is 10.5. The van der Waals surface area contributed by atoms with E-state index in [1.165, 1.54) is 11.6 Å². The van der Waals surface area contributed by atoms with Crippen molar-refractivity contribution in [2.75, 3.05) is 11.1 Å². The molecule has 0 spiro atoms. The number of anilines is 2. The summed E-state index contributed by atoms with van der Waals surface area (Å²) in [6.45, 7) is 4.11. The smallest absolute Gasteiger partial charge is 0.248 e. The zero-order chi connectivity index (χ0) is 15.2. The molecule has 0 bridgehead atoms. The van der Waals surface area contributed by atoms with Crippen LogP contribution in [0.25, 0.3) is 6.08 Å². The Bertz CT molecular complexity index is 660. The van der Waals surface area contributed by atoms with Gasteiger partial charge in [-0.3, -0.25) is 4.79 Å². The molecule has 0 atom stereocenters. The molecule has 3 N–H and O–H groups in total. The van der Waals surface area contributed by atoms with Crippen molar-refractivity contribution in [1.29, 1.82) is 0 Å². The average Bonchev–Trinajstić information content (AvgIpc) is 2.49. The first-order chi connectivity index (χ1) is 10.1. The lowest BCUT2D eigenvalue weighted by Gasteiger charge is -2.11. The molecule has 1 amide bonds. The SMILES string of the molecule is CCc1cc(NC(=O)/C=C/c2ccccc2)c(N)cc1C. The largest absolute Gasteiger partial charge is 0.397 e. The highest BCUT2D eigenvalue weighted by atomic mass is 16.1. The highest BCUT2D eigenvalue weighted by Crippen LogP contribution is 2.24. The van der Waals surface area contributed by atoms with Crippen LogP contribution in [-0.2, 0) is 11.2 Å². The van der Waals surface area contributed by atoms with E-state index in [-0.39, 0.29) is 5.91 Å². The maximum atomic E-state index is 12.0. The third-order valence-corrected chi connectivity index (χ3v) is 3.37. The van der Waals surface area contributed by atoms with Crippen LogP contribution in [0.4, 0.5) is 11.4 Å². The van der Waals surface area contributed by atoms with Gasteiger partial charge in [-0.05, 0) is 48.2 Å². The zero-order valence-corrected chi connectivity index (χ0v) is 12.4. The van der Waals surface area contributed by atoms with Gasteiger partial charge in [-0.1, -0.05) is 37.3 Å². The van der Waals surface area contributed by atoms with E-state index in [0.29, 0.717) is 11.4 Å². The predicted octanol–water partition coefficient (Wildman–Crippen LogP) is 3.79. The van der Waals surface area contributed by atoms with Crippen molar-refractivity contribution in [3.8, 4) is 0 Å². The van der Waals surface area contributed by atoms with Crippen LogP contribution in [0.3, 0.4) is 0 Å². The van der Waals surface area contributed by atoms with Crippen molar-refractivity contribution >= 4 is 23.4 Å². The molecule has 2 aromatic carbocycles. The topological polar surface area (TPSA) is 55.1 Å². The van der Waals surface area contributed by atoms with Crippen LogP contribution in [0.2, 0.25) is 0 Å². The maximum absolute atomic E-state index is 12.0. The molecule has 0 saturated heterocycles. The second-order valence-electron chi connectivity index (χ2n) is 4.95. The van der Waals surface area contributed by atoms with Crippen LogP contribution in [0, 0.1) is 6.92 Å². The quantitative estimate of drug-likeness (QED) is 0.661.